The van der Waals surface area contributed by atoms with Gasteiger partial charge in [0, 0.05) is 17.0 Å². The number of nitriles is 1. The van der Waals surface area contributed by atoms with Crippen LogP contribution in [0.3, 0.4) is 0 Å². The van der Waals surface area contributed by atoms with Crippen molar-refractivity contribution in [2.24, 2.45) is 0 Å². The summed E-state index contributed by atoms with van der Waals surface area (Å²) in [6, 6.07) is 13.1. The Kier molecular flexibility index (Phi) is 11.4. The number of aliphatic hydroxyl groups excluding tert-OH is 1. The highest BCUT2D eigenvalue weighted by Gasteiger charge is 2.32. The molecule has 0 saturated heterocycles. The number of aliphatic hydroxyl groups is 1. The van der Waals surface area contributed by atoms with Crippen molar-refractivity contribution in [1.29, 1.82) is 5.26 Å². The fourth-order valence-electron chi connectivity index (χ4n) is 3.64. The summed E-state index contributed by atoms with van der Waals surface area (Å²) in [6.45, 7) is 7.30. The van der Waals surface area contributed by atoms with Gasteiger partial charge in [-0.25, -0.2) is 4.79 Å². The highest BCUT2D eigenvalue weighted by atomic mass is 35.5. The van der Waals surface area contributed by atoms with E-state index in [4.69, 9.17) is 25.8 Å². The molecule has 0 bridgehead atoms. The Bertz CT molecular complexity index is 1070. The van der Waals surface area contributed by atoms with Gasteiger partial charge in [0.05, 0.1) is 28.7 Å². The number of carbonyl (C=O) groups excluding carboxylic acids is 1. The van der Waals surface area contributed by atoms with Gasteiger partial charge in [-0.15, -0.1) is 0 Å². The molecule has 0 fully saturated rings. The van der Waals surface area contributed by atoms with Crippen LogP contribution in [0.4, 0.5) is 4.79 Å². The van der Waals surface area contributed by atoms with Gasteiger partial charge in [0.1, 0.15) is 11.4 Å². The number of carbonyl (C=O) groups is 1. The Hall–Kier alpha value is -2.44. The van der Waals surface area contributed by atoms with Crippen molar-refractivity contribution in [1.82, 2.24) is 5.32 Å². The molecule has 196 valence electrons. The van der Waals surface area contributed by atoms with Crippen LogP contribution >= 0.6 is 23.4 Å². The molecule has 0 aliphatic heterocycles. The average Bonchev–Trinajstić information content (AvgIpc) is 2.81. The van der Waals surface area contributed by atoms with Gasteiger partial charge in [0.25, 0.3) is 0 Å². The molecule has 0 spiro atoms. The molecular formula is C27H35ClN2O5S. The molecule has 0 aliphatic carbocycles. The van der Waals surface area contributed by atoms with Crippen molar-refractivity contribution >= 4 is 29.5 Å². The summed E-state index contributed by atoms with van der Waals surface area (Å²) in [5.74, 6) is 0.613. The fourth-order valence-corrected chi connectivity index (χ4v) is 4.96. The number of aryl methyl sites for hydroxylation is 1. The minimum Gasteiger partial charge on any atom is -0.466 e. The van der Waals surface area contributed by atoms with Gasteiger partial charge < -0.3 is 24.6 Å². The monoisotopic (exact) mass is 534 g/mol. The second-order valence-electron chi connectivity index (χ2n) is 9.49. The number of ether oxygens (including phenoxy) is 3. The van der Waals surface area contributed by atoms with Crippen molar-refractivity contribution in [3.8, 4) is 11.8 Å². The Morgan fingerprint density at radius 1 is 1.19 bits per heavy atom. The standard InChI is InChI=1S/C27H35ClN2O5S/c1-6-12-27(17-31,30-25(32)35-26(2,3)4)13-11-20-8-9-21(15-22(20)28)36-24-14-19(16-29)7-10-23(24)34-18-33-5/h7-10,14-15,31H,6,11-13,17-18H2,1-5H3,(H,30,32). The van der Waals surface area contributed by atoms with Crippen LogP contribution in [0.15, 0.2) is 46.2 Å². The van der Waals surface area contributed by atoms with Crippen LogP contribution in [-0.4, -0.2) is 42.8 Å². The van der Waals surface area contributed by atoms with Crippen molar-refractivity contribution < 1.29 is 24.1 Å². The largest absolute Gasteiger partial charge is 0.466 e. The normalized spacial score (nSPS) is 12.9. The predicted molar refractivity (Wildman–Crippen MR) is 142 cm³/mol. The van der Waals surface area contributed by atoms with E-state index in [0.29, 0.717) is 35.6 Å². The Morgan fingerprint density at radius 2 is 1.94 bits per heavy atom. The first-order valence-corrected chi connectivity index (χ1v) is 13.0. The zero-order valence-corrected chi connectivity index (χ0v) is 23.1. The maximum Gasteiger partial charge on any atom is 0.408 e. The summed E-state index contributed by atoms with van der Waals surface area (Å²) >= 11 is 8.07. The zero-order chi connectivity index (χ0) is 26.8. The number of hydrogen-bond acceptors (Lipinski definition) is 7. The van der Waals surface area contributed by atoms with Crippen LogP contribution in [0.25, 0.3) is 0 Å². The topological polar surface area (TPSA) is 101 Å². The van der Waals surface area contributed by atoms with Crippen molar-refractivity contribution in [3.63, 3.8) is 0 Å². The lowest BCUT2D eigenvalue weighted by atomic mass is 9.87. The molecule has 2 aromatic rings. The van der Waals surface area contributed by atoms with Crippen LogP contribution in [0, 0.1) is 11.3 Å². The quantitative estimate of drug-likeness (QED) is 0.306. The fraction of sp³-hybridized carbons (Fsp3) is 0.481. The average molecular weight is 535 g/mol. The van der Waals surface area contributed by atoms with Gasteiger partial charge in [-0.2, -0.15) is 5.26 Å². The predicted octanol–water partition coefficient (Wildman–Crippen LogP) is 6.33. The van der Waals surface area contributed by atoms with Gasteiger partial charge in [-0.05, 0) is 75.9 Å². The Labute approximate surface area is 223 Å². The number of halogens is 1. The minimum atomic E-state index is -0.806. The lowest BCUT2D eigenvalue weighted by Crippen LogP contribution is -2.53. The molecule has 0 aromatic heterocycles. The summed E-state index contributed by atoms with van der Waals surface area (Å²) in [4.78, 5) is 14.1. The zero-order valence-electron chi connectivity index (χ0n) is 21.5. The van der Waals surface area contributed by atoms with Crippen LogP contribution in [0.5, 0.6) is 5.75 Å². The van der Waals surface area contributed by atoms with Crippen molar-refractivity contribution in [3.05, 3.63) is 52.5 Å². The summed E-state index contributed by atoms with van der Waals surface area (Å²) < 4.78 is 16.0. The number of nitrogens with zero attached hydrogens (tertiary/aromatic N) is 1. The van der Waals surface area contributed by atoms with E-state index in [1.165, 1.54) is 11.8 Å². The van der Waals surface area contributed by atoms with Crippen LogP contribution < -0.4 is 10.1 Å². The van der Waals surface area contributed by atoms with Crippen molar-refractivity contribution in [2.45, 2.75) is 74.3 Å². The van der Waals surface area contributed by atoms with E-state index in [1.807, 2.05) is 25.1 Å². The molecule has 1 amide bonds. The van der Waals surface area contributed by atoms with E-state index in [1.54, 1.807) is 46.1 Å². The second-order valence-corrected chi connectivity index (χ2v) is 11.0. The molecule has 2 N–H and O–H groups in total. The van der Waals surface area contributed by atoms with Crippen LogP contribution in [0.1, 0.15) is 58.1 Å². The number of methoxy groups -OCH3 is 1. The van der Waals surface area contributed by atoms with E-state index in [9.17, 15) is 15.2 Å². The molecule has 0 heterocycles. The number of amides is 1. The molecule has 9 heteroatoms. The molecule has 0 radical (unpaired) electrons. The van der Waals surface area contributed by atoms with Crippen LogP contribution in [-0.2, 0) is 15.9 Å². The maximum atomic E-state index is 12.4. The number of alkyl carbamates (subject to hydrolysis) is 1. The molecule has 36 heavy (non-hydrogen) atoms. The van der Waals surface area contributed by atoms with Gasteiger partial charge in [-0.3, -0.25) is 0 Å². The number of rotatable bonds is 12. The molecule has 0 saturated carbocycles. The third-order valence-corrected chi connectivity index (χ3v) is 6.71. The molecule has 2 rings (SSSR count). The van der Waals surface area contributed by atoms with E-state index in [2.05, 4.69) is 11.4 Å². The van der Waals surface area contributed by atoms with Crippen LogP contribution in [0.2, 0.25) is 5.02 Å². The smallest absolute Gasteiger partial charge is 0.408 e. The first kappa shape index (κ1) is 29.8. The maximum absolute atomic E-state index is 12.4. The summed E-state index contributed by atoms with van der Waals surface area (Å²) in [5.41, 5.74) is -0.00407. The van der Waals surface area contributed by atoms with Crippen molar-refractivity contribution in [2.75, 3.05) is 20.5 Å². The number of benzene rings is 2. The number of nitrogens with one attached hydrogen (secondary N) is 1. The minimum absolute atomic E-state index is 0.0981. The second kappa shape index (κ2) is 13.8. The highest BCUT2D eigenvalue weighted by Crippen LogP contribution is 2.37. The molecular weight excluding hydrogens is 500 g/mol. The number of hydrogen-bond donors (Lipinski definition) is 2. The first-order chi connectivity index (χ1) is 17.0. The lowest BCUT2D eigenvalue weighted by molar-refractivity contribution is 0.0373. The Morgan fingerprint density at radius 3 is 2.53 bits per heavy atom. The SMILES string of the molecule is CCCC(CO)(CCc1ccc(Sc2cc(C#N)ccc2OCOC)cc1Cl)NC(=O)OC(C)(C)C. The van der Waals surface area contributed by atoms with Gasteiger partial charge in [-0.1, -0.05) is 42.8 Å². The summed E-state index contributed by atoms with van der Waals surface area (Å²) in [6.07, 6.45) is 1.91. The van der Waals surface area contributed by atoms with E-state index < -0.39 is 17.2 Å². The third kappa shape index (κ3) is 9.21. The van der Waals surface area contributed by atoms with Gasteiger partial charge in [0.2, 0.25) is 0 Å². The summed E-state index contributed by atoms with van der Waals surface area (Å²) in [7, 11) is 1.55. The Balaban J connectivity index is 2.17. The van der Waals surface area contributed by atoms with E-state index in [0.717, 1.165) is 21.8 Å². The van der Waals surface area contributed by atoms with Gasteiger partial charge >= 0.3 is 6.09 Å². The van der Waals surface area contributed by atoms with Gasteiger partial charge in [0.15, 0.2) is 6.79 Å². The lowest BCUT2D eigenvalue weighted by Gasteiger charge is -2.34. The molecule has 0 aliphatic rings. The highest BCUT2D eigenvalue weighted by molar-refractivity contribution is 7.99. The van der Waals surface area contributed by atoms with E-state index >= 15 is 0 Å². The molecule has 1 unspecified atom stereocenters. The molecule has 7 nitrogen and oxygen atoms in total. The summed E-state index contributed by atoms with van der Waals surface area (Å²) in [5, 5.41) is 22.9. The third-order valence-electron chi connectivity index (χ3n) is 5.33. The molecule has 2 aromatic carbocycles. The first-order valence-electron chi connectivity index (χ1n) is 11.8. The van der Waals surface area contributed by atoms with E-state index in [-0.39, 0.29) is 13.4 Å². The molecule has 1 atom stereocenters.